The zero-order valence-corrected chi connectivity index (χ0v) is 21.3. The van der Waals surface area contributed by atoms with Crippen molar-refractivity contribution in [3.63, 3.8) is 0 Å². The van der Waals surface area contributed by atoms with Crippen LogP contribution < -0.4 is 15.0 Å². The predicted molar refractivity (Wildman–Crippen MR) is 144 cm³/mol. The van der Waals surface area contributed by atoms with Crippen LogP contribution >= 0.6 is 15.9 Å². The van der Waals surface area contributed by atoms with Crippen LogP contribution in [0.1, 0.15) is 29.4 Å². The maximum absolute atomic E-state index is 13.1. The highest BCUT2D eigenvalue weighted by Crippen LogP contribution is 2.34. The van der Waals surface area contributed by atoms with Crippen molar-refractivity contribution >= 4 is 33.0 Å². The van der Waals surface area contributed by atoms with Gasteiger partial charge < -0.3 is 9.47 Å². The van der Waals surface area contributed by atoms with E-state index in [9.17, 15) is 4.79 Å². The summed E-state index contributed by atoms with van der Waals surface area (Å²) in [5, 5.41) is 4.95. The molecular weight excluding hydrogens is 506 g/mol. The lowest BCUT2D eigenvalue weighted by molar-refractivity contribution is 0.267. The van der Waals surface area contributed by atoms with Gasteiger partial charge in [-0.3, -0.25) is 4.79 Å². The van der Waals surface area contributed by atoms with Crippen molar-refractivity contribution in [2.75, 3.05) is 6.61 Å². The molecule has 0 radical (unpaired) electrons. The van der Waals surface area contributed by atoms with Crippen molar-refractivity contribution in [3.05, 3.63) is 111 Å². The highest BCUT2D eigenvalue weighted by molar-refractivity contribution is 9.10. The van der Waals surface area contributed by atoms with Crippen LogP contribution in [-0.2, 0) is 13.0 Å². The number of halogens is 1. The first-order chi connectivity index (χ1) is 17.0. The molecule has 0 amide bonds. The monoisotopic (exact) mass is 531 g/mol. The quantitative estimate of drug-likeness (QED) is 0.194. The van der Waals surface area contributed by atoms with E-state index in [0.717, 1.165) is 21.2 Å². The minimum absolute atomic E-state index is 0.232. The first kappa shape index (κ1) is 24.4. The number of ether oxygens (including phenoxy) is 2. The van der Waals surface area contributed by atoms with Crippen LogP contribution in [0.5, 0.6) is 11.5 Å². The van der Waals surface area contributed by atoms with Gasteiger partial charge in [-0.2, -0.15) is 9.78 Å². The van der Waals surface area contributed by atoms with Crippen LogP contribution in [0.3, 0.4) is 0 Å². The number of aryl methyl sites for hydroxylation is 1. The maximum atomic E-state index is 13.1. The van der Waals surface area contributed by atoms with Gasteiger partial charge in [0.15, 0.2) is 11.5 Å². The Morgan fingerprint density at radius 3 is 2.66 bits per heavy atom. The standard InChI is InChI=1S/C28H26BrN3O3/c1-4-9-22-14-21(15-26(34-5-2)27(22)35-18-20-10-7-6-8-11-20)17-30-32-19(3)31-25-13-12-23(29)16-24(25)28(32)33/h4,6-8,10-17H,1,5,9,18H2,2-3H3. The average Bonchev–Trinajstić information content (AvgIpc) is 2.85. The van der Waals surface area contributed by atoms with Crippen LogP contribution in [0, 0.1) is 6.92 Å². The summed E-state index contributed by atoms with van der Waals surface area (Å²) < 4.78 is 14.2. The molecule has 3 aromatic carbocycles. The molecule has 0 aliphatic heterocycles. The van der Waals surface area contributed by atoms with Crippen LogP contribution in [0.25, 0.3) is 10.9 Å². The molecule has 0 fully saturated rings. The molecule has 0 saturated carbocycles. The Labute approximate surface area is 212 Å². The third kappa shape index (κ3) is 5.69. The van der Waals surface area contributed by atoms with Gasteiger partial charge in [-0.25, -0.2) is 4.98 Å². The fourth-order valence-corrected chi connectivity index (χ4v) is 4.10. The number of fused-ring (bicyclic) bond motifs is 1. The van der Waals surface area contributed by atoms with E-state index in [1.54, 1.807) is 19.2 Å². The van der Waals surface area contributed by atoms with E-state index in [1.807, 2.05) is 67.6 Å². The molecule has 1 aromatic heterocycles. The Morgan fingerprint density at radius 2 is 1.91 bits per heavy atom. The minimum Gasteiger partial charge on any atom is -0.490 e. The van der Waals surface area contributed by atoms with E-state index in [1.165, 1.54) is 4.68 Å². The van der Waals surface area contributed by atoms with Crippen LogP contribution in [0.4, 0.5) is 0 Å². The maximum Gasteiger partial charge on any atom is 0.282 e. The summed E-state index contributed by atoms with van der Waals surface area (Å²) in [6.45, 7) is 8.48. The van der Waals surface area contributed by atoms with E-state index < -0.39 is 0 Å². The molecule has 4 aromatic rings. The Kier molecular flexibility index (Phi) is 7.77. The topological polar surface area (TPSA) is 65.7 Å². The molecule has 178 valence electrons. The zero-order valence-electron chi connectivity index (χ0n) is 19.7. The average molecular weight is 532 g/mol. The van der Waals surface area contributed by atoms with Gasteiger partial charge in [0.25, 0.3) is 5.56 Å². The number of hydrogen-bond donors (Lipinski definition) is 0. The van der Waals surface area contributed by atoms with Gasteiger partial charge in [-0.15, -0.1) is 6.58 Å². The number of aromatic nitrogens is 2. The van der Waals surface area contributed by atoms with Gasteiger partial charge in [-0.05, 0) is 61.7 Å². The molecule has 7 heteroatoms. The molecule has 0 atom stereocenters. The van der Waals surface area contributed by atoms with Crippen molar-refractivity contribution in [3.8, 4) is 11.5 Å². The SMILES string of the molecule is C=CCc1cc(C=Nn2c(C)nc3ccc(Br)cc3c2=O)cc(OCC)c1OCc1ccccc1. The molecule has 0 bridgehead atoms. The van der Waals surface area contributed by atoms with Gasteiger partial charge in [-0.1, -0.05) is 52.3 Å². The summed E-state index contributed by atoms with van der Waals surface area (Å²) >= 11 is 3.42. The Bertz CT molecular complexity index is 1450. The van der Waals surface area contributed by atoms with Gasteiger partial charge in [0.1, 0.15) is 12.4 Å². The third-order valence-electron chi connectivity index (χ3n) is 5.34. The predicted octanol–water partition coefficient (Wildman–Crippen LogP) is 6.06. The third-order valence-corrected chi connectivity index (χ3v) is 5.83. The van der Waals surface area contributed by atoms with Gasteiger partial charge in [0, 0.05) is 10.0 Å². The lowest BCUT2D eigenvalue weighted by Crippen LogP contribution is -2.20. The zero-order chi connectivity index (χ0) is 24.8. The summed E-state index contributed by atoms with van der Waals surface area (Å²) in [5.41, 5.74) is 3.17. The highest BCUT2D eigenvalue weighted by Gasteiger charge is 2.14. The molecule has 35 heavy (non-hydrogen) atoms. The van der Waals surface area contributed by atoms with Gasteiger partial charge in [0.05, 0.1) is 23.7 Å². The van der Waals surface area contributed by atoms with E-state index in [2.05, 4.69) is 32.6 Å². The van der Waals surface area contributed by atoms with E-state index in [0.29, 0.717) is 47.9 Å². The number of hydrogen-bond acceptors (Lipinski definition) is 5. The van der Waals surface area contributed by atoms with Crippen molar-refractivity contribution in [2.45, 2.75) is 26.9 Å². The van der Waals surface area contributed by atoms with Crippen molar-refractivity contribution in [1.29, 1.82) is 0 Å². The fourth-order valence-electron chi connectivity index (χ4n) is 3.74. The lowest BCUT2D eigenvalue weighted by Gasteiger charge is -2.17. The van der Waals surface area contributed by atoms with E-state index in [-0.39, 0.29) is 5.56 Å². The first-order valence-electron chi connectivity index (χ1n) is 11.3. The summed E-state index contributed by atoms with van der Waals surface area (Å²) in [4.78, 5) is 17.6. The second kappa shape index (κ2) is 11.1. The Balaban J connectivity index is 1.72. The molecule has 0 unspecified atom stereocenters. The highest BCUT2D eigenvalue weighted by atomic mass is 79.9. The first-order valence-corrected chi connectivity index (χ1v) is 12.1. The fraction of sp³-hybridized carbons (Fsp3) is 0.179. The van der Waals surface area contributed by atoms with Crippen molar-refractivity contribution in [1.82, 2.24) is 9.66 Å². The normalized spacial score (nSPS) is 11.2. The number of benzene rings is 3. The lowest BCUT2D eigenvalue weighted by atomic mass is 10.1. The molecule has 0 spiro atoms. The molecule has 0 N–H and O–H groups in total. The molecule has 0 saturated heterocycles. The molecular formula is C28H26BrN3O3. The molecule has 1 heterocycles. The molecule has 4 rings (SSSR count). The molecule has 0 aliphatic carbocycles. The number of nitrogens with zero attached hydrogens (tertiary/aromatic N) is 3. The smallest absolute Gasteiger partial charge is 0.282 e. The Hall–Kier alpha value is -3.71. The van der Waals surface area contributed by atoms with Crippen LogP contribution in [0.15, 0.2) is 87.7 Å². The van der Waals surface area contributed by atoms with Gasteiger partial charge >= 0.3 is 0 Å². The largest absolute Gasteiger partial charge is 0.490 e. The van der Waals surface area contributed by atoms with E-state index >= 15 is 0 Å². The molecule has 6 nitrogen and oxygen atoms in total. The summed E-state index contributed by atoms with van der Waals surface area (Å²) in [5.74, 6) is 1.80. The second-order valence-electron chi connectivity index (χ2n) is 7.89. The van der Waals surface area contributed by atoms with Gasteiger partial charge in [0.2, 0.25) is 0 Å². The van der Waals surface area contributed by atoms with Crippen LogP contribution in [0.2, 0.25) is 0 Å². The van der Waals surface area contributed by atoms with Crippen molar-refractivity contribution in [2.24, 2.45) is 5.10 Å². The van der Waals surface area contributed by atoms with Crippen LogP contribution in [-0.4, -0.2) is 22.5 Å². The Morgan fingerprint density at radius 1 is 1.11 bits per heavy atom. The summed E-state index contributed by atoms with van der Waals surface area (Å²) in [6.07, 6.45) is 4.05. The minimum atomic E-state index is -0.232. The van der Waals surface area contributed by atoms with E-state index in [4.69, 9.17) is 9.47 Å². The molecule has 0 aliphatic rings. The number of allylic oxidation sites excluding steroid dienone is 1. The summed E-state index contributed by atoms with van der Waals surface area (Å²) in [6, 6.07) is 19.2. The second-order valence-corrected chi connectivity index (χ2v) is 8.81. The number of rotatable bonds is 9. The van der Waals surface area contributed by atoms with Crippen molar-refractivity contribution < 1.29 is 9.47 Å². The summed E-state index contributed by atoms with van der Waals surface area (Å²) in [7, 11) is 0.